The van der Waals surface area contributed by atoms with Crippen LogP contribution < -0.4 is 0 Å². The van der Waals surface area contributed by atoms with Crippen LogP contribution in [-0.4, -0.2) is 18.3 Å². The molecule has 0 aliphatic rings. The summed E-state index contributed by atoms with van der Waals surface area (Å²) in [6, 6.07) is 24.3. The molecule has 3 aromatic carbocycles. The Balaban J connectivity index is 2.24. The van der Waals surface area contributed by atoms with Gasteiger partial charge in [0.1, 0.15) is 5.75 Å². The third-order valence-electron chi connectivity index (χ3n) is 4.18. The lowest BCUT2D eigenvalue weighted by molar-refractivity contribution is 0.364. The fourth-order valence-electron chi connectivity index (χ4n) is 2.88. The van der Waals surface area contributed by atoms with Crippen molar-refractivity contribution in [3.63, 3.8) is 0 Å². The molecule has 0 saturated carbocycles. The largest absolute Gasteiger partial charge is 0.291 e. The summed E-state index contributed by atoms with van der Waals surface area (Å²) in [5.41, 5.74) is 0. The average molecular weight is 577 g/mol. The van der Waals surface area contributed by atoms with E-state index in [0.717, 1.165) is 0 Å². The van der Waals surface area contributed by atoms with E-state index >= 15 is 0 Å². The van der Waals surface area contributed by atoms with Crippen LogP contribution in [0.15, 0.2) is 106 Å². The van der Waals surface area contributed by atoms with Gasteiger partial charge in [-0.05, 0) is 46.7 Å². The molecule has 176 valence electrons. The molecule has 1 atom stereocenters. The Kier molecular flexibility index (Phi) is 6.27. The summed E-state index contributed by atoms with van der Waals surface area (Å²) < 4.78 is 94.1. The first-order valence-electron chi connectivity index (χ1n) is 8.93. The van der Waals surface area contributed by atoms with Crippen molar-refractivity contribution in [1.29, 1.82) is 0 Å². The van der Waals surface area contributed by atoms with Crippen LogP contribution in [0.25, 0.3) is 0 Å². The van der Waals surface area contributed by atoms with Gasteiger partial charge < -0.3 is 0 Å². The van der Waals surface area contributed by atoms with E-state index in [-0.39, 0.29) is 0 Å². The second-order valence-electron chi connectivity index (χ2n) is 6.76. The van der Waals surface area contributed by atoms with Gasteiger partial charge in [0.15, 0.2) is 4.16 Å². The first-order valence-corrected chi connectivity index (χ1v) is 15.0. The molecular formula is C20H18BrF5O3S3. The number of hydrogen-bond acceptors (Lipinski definition) is 3. The lowest BCUT2D eigenvalue weighted by Gasteiger charge is -2.43. The molecule has 0 spiro atoms. The molecular weight excluding hydrogens is 559 g/mol. The van der Waals surface area contributed by atoms with Crippen LogP contribution in [0, 0.1) is 0 Å². The van der Waals surface area contributed by atoms with Crippen LogP contribution in [-0.2, 0) is 13.7 Å². The second kappa shape index (κ2) is 8.01. The van der Waals surface area contributed by atoms with E-state index in [4.69, 9.17) is 3.63 Å². The molecule has 12 heteroatoms. The van der Waals surface area contributed by atoms with Gasteiger partial charge in [0.2, 0.25) is 0 Å². The van der Waals surface area contributed by atoms with Crippen LogP contribution in [0.1, 0.15) is 0 Å². The molecule has 0 aliphatic heterocycles. The smallest absolute Gasteiger partial charge is 0.206 e. The molecule has 32 heavy (non-hydrogen) atoms. The Morgan fingerprint density at radius 3 is 1.28 bits per heavy atom. The van der Waals surface area contributed by atoms with Crippen molar-refractivity contribution in [3.05, 3.63) is 91.0 Å². The monoisotopic (exact) mass is 576 g/mol. The Hall–Kier alpha value is -1.60. The van der Waals surface area contributed by atoms with E-state index in [9.17, 15) is 27.8 Å². The Morgan fingerprint density at radius 1 is 0.688 bits per heavy atom. The van der Waals surface area contributed by atoms with E-state index in [0.29, 0.717) is 14.7 Å². The molecule has 0 fully saturated rings. The van der Waals surface area contributed by atoms with Gasteiger partial charge in [-0.2, -0.15) is 8.42 Å². The number of halogens is 6. The maximum absolute atomic E-state index is 13.1. The highest BCUT2D eigenvalue weighted by molar-refractivity contribution is 9.11. The zero-order valence-corrected chi connectivity index (χ0v) is 20.2. The molecule has 0 aliphatic carbocycles. The highest BCUT2D eigenvalue weighted by Crippen LogP contribution is 2.98. The van der Waals surface area contributed by atoms with Gasteiger partial charge in [-0.3, -0.25) is 0 Å². The van der Waals surface area contributed by atoms with Crippen molar-refractivity contribution in [1.82, 2.24) is 0 Å². The number of rotatable bonds is 8. The quantitative estimate of drug-likeness (QED) is 0.200. The molecule has 1 unspecified atom stereocenters. The first kappa shape index (κ1) is 25.0. The Bertz CT molecular complexity index is 1080. The zero-order chi connectivity index (χ0) is 23.7. The molecule has 3 nitrogen and oxygen atoms in total. The van der Waals surface area contributed by atoms with Crippen molar-refractivity contribution in [2.24, 2.45) is 0 Å². The minimum absolute atomic E-state index is 0.369. The fraction of sp³-hybridized carbons (Fsp3) is 0.100. The van der Waals surface area contributed by atoms with Gasteiger partial charge in [0, 0.05) is 14.7 Å². The highest BCUT2D eigenvalue weighted by Gasteiger charge is 2.66. The third-order valence-corrected chi connectivity index (χ3v) is 12.7. The molecule has 0 N–H and O–H groups in total. The van der Waals surface area contributed by atoms with Gasteiger partial charge >= 0.3 is 0 Å². The summed E-state index contributed by atoms with van der Waals surface area (Å²) in [4.78, 5) is 1.11. The predicted octanol–water partition coefficient (Wildman–Crippen LogP) is 8.25. The minimum Gasteiger partial charge on any atom is -0.206 e. The number of alkyl halides is 1. The van der Waals surface area contributed by atoms with Gasteiger partial charge in [0.25, 0.3) is 20.3 Å². The van der Waals surface area contributed by atoms with Crippen LogP contribution >= 0.6 is 36.5 Å². The predicted molar refractivity (Wildman–Crippen MR) is 122 cm³/mol. The number of benzene rings is 3. The molecule has 0 radical (unpaired) electrons. The van der Waals surface area contributed by atoms with Gasteiger partial charge in [-0.15, -0.1) is 0 Å². The molecule has 3 aromatic rings. The van der Waals surface area contributed by atoms with Crippen LogP contribution in [0.4, 0.5) is 19.4 Å². The fourth-order valence-corrected chi connectivity index (χ4v) is 11.7. The highest BCUT2D eigenvalue weighted by atomic mass is 79.9. The van der Waals surface area contributed by atoms with E-state index in [1.807, 2.05) is 0 Å². The van der Waals surface area contributed by atoms with E-state index in [1.165, 1.54) is 0 Å². The standard InChI is InChI=1S/C20H18BrF5O3S3/c21-20(16-32(22,23,24,25)26)31(27,28)29-30(17-10-4-1-5-11-17,18-12-6-2-7-13-18)19-14-8-3-9-15-19/h1-15,20H,16H2. The summed E-state index contributed by atoms with van der Waals surface area (Å²) in [5.74, 6) is -2.85. The first-order chi connectivity index (χ1) is 14.6. The van der Waals surface area contributed by atoms with Crippen LogP contribution in [0.3, 0.4) is 0 Å². The molecule has 0 heterocycles. The van der Waals surface area contributed by atoms with Crippen molar-refractivity contribution in [2.45, 2.75) is 18.8 Å². The summed E-state index contributed by atoms with van der Waals surface area (Å²) >= 11 is 2.31. The lowest BCUT2D eigenvalue weighted by atomic mass is 10.4. The third kappa shape index (κ3) is 6.04. The lowest BCUT2D eigenvalue weighted by Crippen LogP contribution is -2.29. The average Bonchev–Trinajstić information content (AvgIpc) is 2.72. The number of hydrogen-bond donors (Lipinski definition) is 0. The van der Waals surface area contributed by atoms with E-state index in [2.05, 4.69) is 15.9 Å². The Morgan fingerprint density at radius 2 is 1.00 bits per heavy atom. The summed E-state index contributed by atoms with van der Waals surface area (Å²) in [5, 5.41) is 0. The van der Waals surface area contributed by atoms with Crippen molar-refractivity contribution >= 4 is 46.6 Å². The summed E-state index contributed by atoms with van der Waals surface area (Å²) in [6.45, 7) is 0. The van der Waals surface area contributed by atoms with Crippen molar-refractivity contribution in [3.8, 4) is 0 Å². The van der Waals surface area contributed by atoms with Crippen LogP contribution in [0.2, 0.25) is 0 Å². The van der Waals surface area contributed by atoms with E-state index < -0.39 is 40.6 Å². The molecule has 0 aromatic heterocycles. The van der Waals surface area contributed by atoms with E-state index in [1.54, 1.807) is 91.0 Å². The maximum atomic E-state index is 13.1. The van der Waals surface area contributed by atoms with Crippen LogP contribution in [0.5, 0.6) is 0 Å². The zero-order valence-electron chi connectivity index (χ0n) is 16.2. The van der Waals surface area contributed by atoms with Crippen molar-refractivity contribution < 1.29 is 31.5 Å². The summed E-state index contributed by atoms with van der Waals surface area (Å²) in [7, 11) is -18.4. The van der Waals surface area contributed by atoms with Gasteiger partial charge in [-0.1, -0.05) is 90.0 Å². The summed E-state index contributed by atoms with van der Waals surface area (Å²) in [6.07, 6.45) is 0. The normalized spacial score (nSPS) is 16.6. The second-order valence-corrected chi connectivity index (χ2v) is 15.7. The molecule has 0 saturated heterocycles. The molecule has 0 bridgehead atoms. The minimum atomic E-state index is -10.1. The Labute approximate surface area is 193 Å². The van der Waals surface area contributed by atoms with Gasteiger partial charge in [-0.25, -0.2) is 3.63 Å². The maximum Gasteiger partial charge on any atom is 0.291 e. The SMILES string of the molecule is O=S(=O)(OS(c1ccccc1)(c1ccccc1)c1ccccc1)C(Br)CS(F)(F)(F)(F)F. The topological polar surface area (TPSA) is 43.4 Å². The van der Waals surface area contributed by atoms with Gasteiger partial charge in [0.05, 0.1) is 0 Å². The molecule has 0 amide bonds. The van der Waals surface area contributed by atoms with Crippen molar-refractivity contribution in [2.75, 3.05) is 5.75 Å². The molecule has 3 rings (SSSR count).